The van der Waals surface area contributed by atoms with Gasteiger partial charge >= 0.3 is 0 Å². The van der Waals surface area contributed by atoms with E-state index in [9.17, 15) is 9.18 Å². The second-order valence-corrected chi connectivity index (χ2v) is 3.44. The van der Waals surface area contributed by atoms with Gasteiger partial charge in [0.25, 0.3) is 0 Å². The maximum atomic E-state index is 13.0. The van der Waals surface area contributed by atoms with Gasteiger partial charge in [-0.2, -0.15) is 4.99 Å². The molecule has 0 fully saturated rings. The van der Waals surface area contributed by atoms with Crippen molar-refractivity contribution >= 4 is 34.4 Å². The molecular weight excluding hydrogens is 272 g/mol. The Morgan fingerprint density at radius 2 is 2.25 bits per heavy atom. The van der Waals surface area contributed by atoms with E-state index in [1.54, 1.807) is 13.0 Å². The summed E-state index contributed by atoms with van der Waals surface area (Å²) < 4.78 is 13.6. The van der Waals surface area contributed by atoms with Gasteiger partial charge in [0.2, 0.25) is 6.08 Å². The topological polar surface area (TPSA) is 29.4 Å². The summed E-state index contributed by atoms with van der Waals surface area (Å²) in [7, 11) is 0. The largest absolute Gasteiger partial charge is 0.240 e. The highest BCUT2D eigenvalue weighted by Crippen LogP contribution is 2.25. The van der Waals surface area contributed by atoms with Gasteiger partial charge in [0.15, 0.2) is 5.82 Å². The zero-order valence-electron chi connectivity index (χ0n) is 6.27. The third-order valence-corrected chi connectivity index (χ3v) is 2.14. The molecule has 62 valence electrons. The summed E-state index contributed by atoms with van der Waals surface area (Å²) in [5.74, 6) is -0.484. The Balaban J connectivity index is 3.37. The normalized spacial score (nSPS) is 9.25. The summed E-state index contributed by atoms with van der Waals surface area (Å²) in [6, 6.07) is 3.08. The SMILES string of the molecule is Cc1cc(F)c(N=C=O)c(I)c1. The van der Waals surface area contributed by atoms with Crippen LogP contribution in [0.3, 0.4) is 0 Å². The molecular formula is C8H5FINO. The third-order valence-electron chi connectivity index (χ3n) is 1.32. The van der Waals surface area contributed by atoms with Crippen molar-refractivity contribution < 1.29 is 9.18 Å². The molecule has 0 aliphatic rings. The van der Waals surface area contributed by atoms with E-state index in [2.05, 4.69) is 4.99 Å². The Bertz CT molecular complexity index is 335. The van der Waals surface area contributed by atoms with Crippen LogP contribution < -0.4 is 0 Å². The second kappa shape index (κ2) is 3.78. The van der Waals surface area contributed by atoms with Crippen LogP contribution in [0.25, 0.3) is 0 Å². The Kier molecular flexibility index (Phi) is 2.94. The number of carbonyl (C=O) groups excluding carboxylic acids is 1. The number of rotatable bonds is 1. The fourth-order valence-electron chi connectivity index (χ4n) is 0.845. The smallest absolute Gasteiger partial charge is 0.211 e. The van der Waals surface area contributed by atoms with Gasteiger partial charge in [-0.15, -0.1) is 0 Å². The molecule has 0 N–H and O–H groups in total. The lowest BCUT2D eigenvalue weighted by molar-refractivity contribution is 0.564. The van der Waals surface area contributed by atoms with E-state index in [-0.39, 0.29) is 5.69 Å². The molecule has 0 aliphatic heterocycles. The maximum Gasteiger partial charge on any atom is 0.240 e. The van der Waals surface area contributed by atoms with E-state index in [0.29, 0.717) is 3.57 Å². The minimum absolute atomic E-state index is 0.0659. The molecule has 0 spiro atoms. The van der Waals surface area contributed by atoms with Gasteiger partial charge in [0, 0.05) is 3.57 Å². The Hall–Kier alpha value is -0.740. The molecule has 0 bridgehead atoms. The molecule has 0 heterocycles. The zero-order chi connectivity index (χ0) is 9.14. The molecule has 0 radical (unpaired) electrons. The summed E-state index contributed by atoms with van der Waals surface area (Å²) in [4.78, 5) is 13.2. The van der Waals surface area contributed by atoms with Gasteiger partial charge in [0.1, 0.15) is 5.69 Å². The number of aliphatic imine (C=N–C) groups is 1. The zero-order valence-corrected chi connectivity index (χ0v) is 8.42. The average molecular weight is 277 g/mol. The van der Waals surface area contributed by atoms with E-state index in [4.69, 9.17) is 0 Å². The van der Waals surface area contributed by atoms with Crippen LogP contribution >= 0.6 is 22.6 Å². The summed E-state index contributed by atoms with van der Waals surface area (Å²) in [5.41, 5.74) is 0.873. The van der Waals surface area contributed by atoms with Crippen molar-refractivity contribution in [3.8, 4) is 0 Å². The molecule has 12 heavy (non-hydrogen) atoms. The Morgan fingerprint density at radius 3 is 2.75 bits per heavy atom. The second-order valence-electron chi connectivity index (χ2n) is 2.28. The van der Waals surface area contributed by atoms with Crippen molar-refractivity contribution in [3.63, 3.8) is 0 Å². The summed E-state index contributed by atoms with van der Waals surface area (Å²) in [5, 5.41) is 0. The maximum absolute atomic E-state index is 13.0. The monoisotopic (exact) mass is 277 g/mol. The first-order valence-electron chi connectivity index (χ1n) is 3.18. The number of aryl methyl sites for hydroxylation is 1. The van der Waals surface area contributed by atoms with E-state index in [1.807, 2.05) is 22.6 Å². The quantitative estimate of drug-likeness (QED) is 0.441. The van der Waals surface area contributed by atoms with Crippen LogP contribution in [0.2, 0.25) is 0 Å². The molecule has 4 heteroatoms. The average Bonchev–Trinajstić information content (AvgIpc) is 1.96. The minimum atomic E-state index is -0.484. The van der Waals surface area contributed by atoms with E-state index < -0.39 is 5.82 Å². The Labute approximate surface area is 82.6 Å². The summed E-state index contributed by atoms with van der Waals surface area (Å²) in [6.45, 7) is 1.78. The van der Waals surface area contributed by atoms with E-state index >= 15 is 0 Å². The number of hydrogen-bond acceptors (Lipinski definition) is 2. The van der Waals surface area contributed by atoms with Crippen LogP contribution in [0.4, 0.5) is 10.1 Å². The van der Waals surface area contributed by atoms with E-state index in [1.165, 1.54) is 12.1 Å². The lowest BCUT2D eigenvalue weighted by atomic mass is 10.2. The molecule has 0 aliphatic carbocycles. The predicted octanol–water partition coefficient (Wildman–Crippen LogP) is 2.71. The molecule has 0 saturated carbocycles. The van der Waals surface area contributed by atoms with Gasteiger partial charge in [-0.25, -0.2) is 9.18 Å². The fraction of sp³-hybridized carbons (Fsp3) is 0.125. The highest BCUT2D eigenvalue weighted by Gasteiger charge is 2.05. The highest BCUT2D eigenvalue weighted by atomic mass is 127. The van der Waals surface area contributed by atoms with Crippen molar-refractivity contribution in [1.29, 1.82) is 0 Å². The van der Waals surface area contributed by atoms with Gasteiger partial charge in [-0.1, -0.05) is 0 Å². The number of benzene rings is 1. The third kappa shape index (κ3) is 1.89. The number of isocyanates is 1. The molecule has 1 rings (SSSR count). The van der Waals surface area contributed by atoms with Crippen LogP contribution in [0.1, 0.15) is 5.56 Å². The summed E-state index contributed by atoms with van der Waals surface area (Å²) >= 11 is 1.92. The van der Waals surface area contributed by atoms with Crippen LogP contribution in [0, 0.1) is 16.3 Å². The van der Waals surface area contributed by atoms with Gasteiger partial charge in [-0.3, -0.25) is 0 Å². The van der Waals surface area contributed by atoms with Crippen molar-refractivity contribution in [2.75, 3.05) is 0 Å². The van der Waals surface area contributed by atoms with Crippen molar-refractivity contribution in [3.05, 3.63) is 27.1 Å². The van der Waals surface area contributed by atoms with Crippen molar-refractivity contribution in [1.82, 2.24) is 0 Å². The van der Waals surface area contributed by atoms with Crippen molar-refractivity contribution in [2.24, 2.45) is 4.99 Å². The molecule has 0 aromatic heterocycles. The first kappa shape index (κ1) is 9.35. The van der Waals surface area contributed by atoms with Crippen LogP contribution in [0.15, 0.2) is 17.1 Å². The number of halogens is 2. The fourth-order valence-corrected chi connectivity index (χ4v) is 1.71. The lowest BCUT2D eigenvalue weighted by Crippen LogP contribution is -1.83. The highest BCUT2D eigenvalue weighted by molar-refractivity contribution is 14.1. The van der Waals surface area contributed by atoms with Gasteiger partial charge in [0.05, 0.1) is 0 Å². The molecule has 2 nitrogen and oxygen atoms in total. The molecule has 0 amide bonds. The standard InChI is InChI=1S/C8H5FINO/c1-5-2-6(9)8(11-4-12)7(10)3-5/h2-3H,1H3. The molecule has 1 aromatic carbocycles. The van der Waals surface area contributed by atoms with Gasteiger partial charge in [-0.05, 0) is 47.2 Å². The van der Waals surface area contributed by atoms with Crippen LogP contribution in [-0.2, 0) is 4.79 Å². The first-order chi connectivity index (χ1) is 5.65. The number of nitrogens with zero attached hydrogens (tertiary/aromatic N) is 1. The van der Waals surface area contributed by atoms with E-state index in [0.717, 1.165) is 5.56 Å². The molecule has 0 unspecified atom stereocenters. The summed E-state index contributed by atoms with van der Waals surface area (Å²) in [6.07, 6.45) is 1.32. The van der Waals surface area contributed by atoms with Gasteiger partial charge < -0.3 is 0 Å². The minimum Gasteiger partial charge on any atom is -0.211 e. The van der Waals surface area contributed by atoms with Crippen LogP contribution in [0.5, 0.6) is 0 Å². The molecule has 0 saturated heterocycles. The number of hydrogen-bond donors (Lipinski definition) is 0. The molecule has 0 atom stereocenters. The predicted molar refractivity (Wildman–Crippen MR) is 51.6 cm³/mol. The first-order valence-corrected chi connectivity index (χ1v) is 4.26. The lowest BCUT2D eigenvalue weighted by Gasteiger charge is -1.99. The Morgan fingerprint density at radius 1 is 1.58 bits per heavy atom. The van der Waals surface area contributed by atoms with Crippen LogP contribution in [-0.4, -0.2) is 6.08 Å². The van der Waals surface area contributed by atoms with Crippen molar-refractivity contribution in [2.45, 2.75) is 6.92 Å². The molecule has 1 aromatic rings.